The van der Waals surface area contributed by atoms with Gasteiger partial charge in [-0.25, -0.2) is 0 Å². The van der Waals surface area contributed by atoms with Gasteiger partial charge in [0.1, 0.15) is 6.61 Å². The number of morpholine rings is 1. The number of rotatable bonds is 4. The van der Waals surface area contributed by atoms with E-state index in [0.29, 0.717) is 19.5 Å². The third-order valence-electron chi connectivity index (χ3n) is 2.14. The van der Waals surface area contributed by atoms with Gasteiger partial charge in [0.25, 0.3) is 0 Å². The molecule has 0 radical (unpaired) electrons. The zero-order valence-corrected chi connectivity index (χ0v) is 8.23. The third kappa shape index (κ3) is 3.33. The van der Waals surface area contributed by atoms with Crippen LogP contribution in [-0.4, -0.2) is 47.7 Å². The maximum Gasteiger partial charge on any atom is 0.303 e. The van der Waals surface area contributed by atoms with Gasteiger partial charge >= 0.3 is 5.97 Å². The zero-order chi connectivity index (χ0) is 10.6. The highest BCUT2D eigenvalue weighted by Crippen LogP contribution is 2.06. The Kier molecular flexibility index (Phi) is 3.88. The first-order chi connectivity index (χ1) is 6.59. The molecule has 1 atom stereocenters. The van der Waals surface area contributed by atoms with Crippen LogP contribution in [0.2, 0.25) is 0 Å². The molecule has 1 fully saturated rings. The van der Waals surface area contributed by atoms with Gasteiger partial charge in [0.15, 0.2) is 0 Å². The highest BCUT2D eigenvalue weighted by Gasteiger charge is 2.22. The molecule has 1 rings (SSSR count). The molecule has 0 unspecified atom stereocenters. The molecule has 1 amide bonds. The van der Waals surface area contributed by atoms with Gasteiger partial charge in [0.05, 0.1) is 6.10 Å². The van der Waals surface area contributed by atoms with Gasteiger partial charge < -0.3 is 14.7 Å². The zero-order valence-electron chi connectivity index (χ0n) is 8.23. The standard InChI is InChI=1S/C9H15NO4/c1-7-5-10(8(11)6-14-7)4-2-3-9(12)13/h7H,2-6H2,1H3,(H,12,13)/t7-/m0/s1. The molecule has 5 nitrogen and oxygen atoms in total. The molecule has 0 aromatic rings. The van der Waals surface area contributed by atoms with E-state index in [2.05, 4.69) is 0 Å². The van der Waals surface area contributed by atoms with E-state index in [1.807, 2.05) is 6.92 Å². The summed E-state index contributed by atoms with van der Waals surface area (Å²) in [5.74, 6) is -0.868. The normalized spacial score (nSPS) is 22.5. The summed E-state index contributed by atoms with van der Waals surface area (Å²) in [7, 11) is 0. The smallest absolute Gasteiger partial charge is 0.303 e. The molecule has 1 aliphatic heterocycles. The summed E-state index contributed by atoms with van der Waals surface area (Å²) in [6.07, 6.45) is 0.671. The maximum atomic E-state index is 11.3. The topological polar surface area (TPSA) is 66.8 Å². The molecule has 80 valence electrons. The second-order valence-corrected chi connectivity index (χ2v) is 3.46. The summed E-state index contributed by atoms with van der Waals surface area (Å²) < 4.78 is 5.14. The number of carboxylic acid groups (broad SMARTS) is 1. The molecule has 0 aromatic heterocycles. The first-order valence-corrected chi connectivity index (χ1v) is 4.71. The number of carbonyl (C=O) groups excluding carboxylic acids is 1. The molecule has 1 N–H and O–H groups in total. The number of amides is 1. The van der Waals surface area contributed by atoms with Crippen molar-refractivity contribution in [3.63, 3.8) is 0 Å². The van der Waals surface area contributed by atoms with E-state index in [4.69, 9.17) is 9.84 Å². The fourth-order valence-electron chi connectivity index (χ4n) is 1.41. The number of aliphatic carboxylic acids is 1. The van der Waals surface area contributed by atoms with Gasteiger partial charge in [-0.2, -0.15) is 0 Å². The van der Waals surface area contributed by atoms with Crippen molar-refractivity contribution < 1.29 is 19.4 Å². The Morgan fingerprint density at radius 1 is 1.71 bits per heavy atom. The summed E-state index contributed by atoms with van der Waals surface area (Å²) in [6, 6.07) is 0. The van der Waals surface area contributed by atoms with Crippen molar-refractivity contribution >= 4 is 11.9 Å². The number of nitrogens with zero attached hydrogens (tertiary/aromatic N) is 1. The summed E-state index contributed by atoms with van der Waals surface area (Å²) in [5, 5.41) is 8.43. The molecule has 0 spiro atoms. The molecule has 1 saturated heterocycles. The van der Waals surface area contributed by atoms with E-state index in [9.17, 15) is 9.59 Å². The summed E-state index contributed by atoms with van der Waals surface area (Å²) in [4.78, 5) is 23.2. The van der Waals surface area contributed by atoms with Crippen molar-refractivity contribution in [2.24, 2.45) is 0 Å². The van der Waals surface area contributed by atoms with Crippen molar-refractivity contribution in [1.29, 1.82) is 0 Å². The number of hydrogen-bond donors (Lipinski definition) is 1. The van der Waals surface area contributed by atoms with Crippen LogP contribution < -0.4 is 0 Å². The first-order valence-electron chi connectivity index (χ1n) is 4.71. The van der Waals surface area contributed by atoms with Crippen LogP contribution in [0.3, 0.4) is 0 Å². The number of carbonyl (C=O) groups is 2. The summed E-state index contributed by atoms with van der Waals surface area (Å²) in [5.41, 5.74) is 0. The van der Waals surface area contributed by atoms with Crippen LogP contribution in [0, 0.1) is 0 Å². The van der Waals surface area contributed by atoms with Gasteiger partial charge in [-0.15, -0.1) is 0 Å². The highest BCUT2D eigenvalue weighted by molar-refractivity contribution is 5.78. The van der Waals surface area contributed by atoms with Crippen LogP contribution in [0.4, 0.5) is 0 Å². The Hall–Kier alpha value is -1.10. The summed E-state index contributed by atoms with van der Waals surface area (Å²) in [6.45, 7) is 3.10. The van der Waals surface area contributed by atoms with Gasteiger partial charge in [0.2, 0.25) is 5.91 Å². The molecular weight excluding hydrogens is 186 g/mol. The highest BCUT2D eigenvalue weighted by atomic mass is 16.5. The average molecular weight is 201 g/mol. The van der Waals surface area contributed by atoms with Crippen molar-refractivity contribution in [3.8, 4) is 0 Å². The number of ether oxygens (including phenoxy) is 1. The molecule has 14 heavy (non-hydrogen) atoms. The number of hydrogen-bond acceptors (Lipinski definition) is 3. The maximum absolute atomic E-state index is 11.3. The Morgan fingerprint density at radius 3 is 3.07 bits per heavy atom. The fraction of sp³-hybridized carbons (Fsp3) is 0.778. The van der Waals surface area contributed by atoms with Crippen molar-refractivity contribution in [3.05, 3.63) is 0 Å². The molecule has 0 aliphatic carbocycles. The minimum Gasteiger partial charge on any atom is -0.481 e. The quantitative estimate of drug-likeness (QED) is 0.700. The van der Waals surface area contributed by atoms with E-state index in [0.717, 1.165) is 0 Å². The number of carboxylic acids is 1. The van der Waals surface area contributed by atoms with Crippen LogP contribution in [0.15, 0.2) is 0 Å². The second-order valence-electron chi connectivity index (χ2n) is 3.46. The fourth-order valence-corrected chi connectivity index (χ4v) is 1.41. The van der Waals surface area contributed by atoms with Crippen LogP contribution >= 0.6 is 0 Å². The predicted octanol–water partition coefficient (Wildman–Crippen LogP) is 0.0985. The minimum atomic E-state index is -0.821. The lowest BCUT2D eigenvalue weighted by molar-refractivity contribution is -0.148. The Morgan fingerprint density at radius 2 is 2.43 bits per heavy atom. The lowest BCUT2D eigenvalue weighted by atomic mass is 10.2. The van der Waals surface area contributed by atoms with Crippen LogP contribution in [-0.2, 0) is 14.3 Å². The first kappa shape index (κ1) is 11.0. The molecule has 1 aliphatic rings. The average Bonchev–Trinajstić information content (AvgIpc) is 2.10. The van der Waals surface area contributed by atoms with Crippen LogP contribution in [0.5, 0.6) is 0 Å². The second kappa shape index (κ2) is 4.95. The van der Waals surface area contributed by atoms with E-state index in [1.165, 1.54) is 0 Å². The van der Waals surface area contributed by atoms with E-state index < -0.39 is 5.97 Å². The van der Waals surface area contributed by atoms with Crippen molar-refractivity contribution in [2.45, 2.75) is 25.9 Å². The molecular formula is C9H15NO4. The van der Waals surface area contributed by atoms with Crippen LogP contribution in [0.25, 0.3) is 0 Å². The van der Waals surface area contributed by atoms with E-state index in [-0.39, 0.29) is 25.0 Å². The largest absolute Gasteiger partial charge is 0.481 e. The van der Waals surface area contributed by atoms with Gasteiger partial charge in [-0.05, 0) is 13.3 Å². The SMILES string of the molecule is C[C@H]1CN(CCCC(=O)O)C(=O)CO1. The van der Waals surface area contributed by atoms with Crippen LogP contribution in [0.1, 0.15) is 19.8 Å². The molecule has 5 heteroatoms. The Labute approximate surface area is 82.6 Å². The monoisotopic (exact) mass is 201 g/mol. The van der Waals surface area contributed by atoms with E-state index >= 15 is 0 Å². The van der Waals surface area contributed by atoms with Crippen molar-refractivity contribution in [2.75, 3.05) is 19.7 Å². The predicted molar refractivity (Wildman–Crippen MR) is 48.9 cm³/mol. The third-order valence-corrected chi connectivity index (χ3v) is 2.14. The molecule has 0 aromatic carbocycles. The molecule has 0 bridgehead atoms. The lowest BCUT2D eigenvalue weighted by Crippen LogP contribution is -2.45. The van der Waals surface area contributed by atoms with Crippen molar-refractivity contribution in [1.82, 2.24) is 4.90 Å². The Bertz CT molecular complexity index is 229. The van der Waals surface area contributed by atoms with Gasteiger partial charge in [-0.1, -0.05) is 0 Å². The summed E-state index contributed by atoms with van der Waals surface area (Å²) >= 11 is 0. The minimum absolute atomic E-state index is 0.0477. The molecule has 1 heterocycles. The Balaban J connectivity index is 2.27. The van der Waals surface area contributed by atoms with E-state index in [1.54, 1.807) is 4.90 Å². The van der Waals surface area contributed by atoms with Gasteiger partial charge in [0, 0.05) is 19.5 Å². The molecule has 0 saturated carbocycles. The van der Waals surface area contributed by atoms with Gasteiger partial charge in [-0.3, -0.25) is 9.59 Å². The lowest BCUT2D eigenvalue weighted by Gasteiger charge is -2.30.